The molecule has 0 spiro atoms. The zero-order chi connectivity index (χ0) is 11.6. The van der Waals surface area contributed by atoms with Crippen LogP contribution >= 0.6 is 15.2 Å². The molecule has 130 valence electrons. The molecule has 0 aromatic rings. The fraction of sp³-hybridized carbons (Fsp3) is 1.00. The molecule has 0 atom stereocenters. The minimum atomic E-state index is -5.30. The first kappa shape index (κ1) is 49.7. The molecule has 0 saturated carbocycles. The summed E-state index contributed by atoms with van der Waals surface area (Å²) < 4.78 is 21.4. The van der Waals surface area contributed by atoms with Gasteiger partial charge in [0.05, 0.1) is 0 Å². The fourth-order valence-electron chi connectivity index (χ4n) is 0.800. The maximum atomic E-state index is 10.7. The third-order valence-electron chi connectivity index (χ3n) is 1.65. The van der Waals surface area contributed by atoms with Crippen molar-refractivity contribution in [2.45, 2.75) is 17.9 Å². The third kappa shape index (κ3) is 15.3. The molecular formula is C4H25K2NO12P2. The Kier molecular flexibility index (Phi) is 46.4. The topological polar surface area (TPSA) is 319 Å². The summed E-state index contributed by atoms with van der Waals surface area (Å²) in [6.07, 6.45) is -0.856. The summed E-state index contributed by atoms with van der Waals surface area (Å²) in [6.45, 7) is -0.0394. The molecule has 0 saturated heterocycles. The van der Waals surface area contributed by atoms with Crippen molar-refractivity contribution in [1.29, 1.82) is 0 Å². The molecule has 0 aromatic carbocycles. The Morgan fingerprint density at radius 3 is 1.19 bits per heavy atom. The van der Waals surface area contributed by atoms with Crippen LogP contribution in [0.25, 0.3) is 0 Å². The number of hydrogen-bond donors (Lipinski definition) is 6. The third-order valence-corrected chi connectivity index (χ3v) is 5.53. The van der Waals surface area contributed by atoms with E-state index in [9.17, 15) is 14.2 Å². The standard InChI is InChI=1S/C4H13NO7P2.2K.5H2O.2H/c5-3-1-2-4(6,13(7,8)9)14(10,11)12;;;;;;;;;/h6H,1-3,5H2,(H2,7,8,9)(H2,10,11,12);;;5*1H2;;. The molecule has 0 aromatic heterocycles. The average Bonchev–Trinajstić information content (AvgIpc) is 1.95. The summed E-state index contributed by atoms with van der Waals surface area (Å²) in [6, 6.07) is 0. The van der Waals surface area contributed by atoms with Gasteiger partial charge in [0.25, 0.3) is 5.08 Å². The molecule has 0 heterocycles. The van der Waals surface area contributed by atoms with E-state index in [-0.39, 0.29) is 143 Å². The van der Waals surface area contributed by atoms with Crippen molar-refractivity contribution in [2.24, 2.45) is 5.73 Å². The second-order valence-corrected chi connectivity index (χ2v) is 6.76. The molecule has 0 unspecified atom stereocenters. The molecule has 21 heavy (non-hydrogen) atoms. The predicted octanol–water partition coefficient (Wildman–Crippen LogP) is -6.69. The molecule has 0 amide bonds. The second-order valence-electron chi connectivity index (χ2n) is 2.75. The second kappa shape index (κ2) is 19.6. The van der Waals surface area contributed by atoms with Gasteiger partial charge in [-0.3, -0.25) is 9.13 Å². The van der Waals surface area contributed by atoms with Gasteiger partial charge in [-0.25, -0.2) is 0 Å². The molecule has 0 aliphatic carbocycles. The van der Waals surface area contributed by atoms with Crippen molar-refractivity contribution in [2.75, 3.05) is 6.54 Å². The molecule has 0 bridgehead atoms. The van der Waals surface area contributed by atoms with Gasteiger partial charge in [-0.15, -0.1) is 0 Å². The molecule has 13 nitrogen and oxygen atoms in total. The van der Waals surface area contributed by atoms with Crippen LogP contribution in [-0.4, -0.2) is 166 Å². The van der Waals surface area contributed by atoms with Crippen molar-refractivity contribution in [1.82, 2.24) is 0 Å². The number of rotatable bonds is 5. The Bertz CT molecular complexity index is 271. The van der Waals surface area contributed by atoms with Gasteiger partial charge < -0.3 is 57.8 Å². The quantitative estimate of drug-likeness (QED) is 0.183. The average molecular weight is 419 g/mol. The minimum absolute atomic E-state index is 0. The van der Waals surface area contributed by atoms with E-state index >= 15 is 0 Å². The van der Waals surface area contributed by atoms with Gasteiger partial charge >= 0.3 is 118 Å². The van der Waals surface area contributed by atoms with Crippen LogP contribution < -0.4 is 5.73 Å². The number of aliphatic hydroxyl groups is 1. The normalized spacial score (nSPS) is 9.62. The summed E-state index contributed by atoms with van der Waals surface area (Å²) in [5.41, 5.74) is 5.01. The Labute approximate surface area is 205 Å². The van der Waals surface area contributed by atoms with Crippen LogP contribution in [0.5, 0.6) is 0 Å². The van der Waals surface area contributed by atoms with Crippen LogP contribution in [0.4, 0.5) is 0 Å². The van der Waals surface area contributed by atoms with Crippen LogP contribution in [0.3, 0.4) is 0 Å². The Hall–Kier alpha value is 3.29. The van der Waals surface area contributed by atoms with E-state index in [4.69, 9.17) is 25.3 Å². The van der Waals surface area contributed by atoms with Crippen LogP contribution in [0, 0.1) is 0 Å². The van der Waals surface area contributed by atoms with Gasteiger partial charge in [-0.05, 0) is 13.0 Å². The van der Waals surface area contributed by atoms with Crippen molar-refractivity contribution < 1.29 is 61.2 Å². The van der Waals surface area contributed by atoms with E-state index in [1.807, 2.05) is 0 Å². The van der Waals surface area contributed by atoms with Crippen molar-refractivity contribution in [3.8, 4) is 0 Å². The van der Waals surface area contributed by atoms with Crippen LogP contribution in [0.2, 0.25) is 0 Å². The van der Waals surface area contributed by atoms with E-state index in [0.29, 0.717) is 0 Å². The van der Waals surface area contributed by atoms with E-state index < -0.39 is 26.7 Å². The van der Waals surface area contributed by atoms with E-state index in [1.165, 1.54) is 0 Å². The summed E-state index contributed by atoms with van der Waals surface area (Å²) in [7, 11) is -10.6. The Morgan fingerprint density at radius 2 is 1.05 bits per heavy atom. The summed E-state index contributed by atoms with van der Waals surface area (Å²) >= 11 is 0. The fourth-order valence-corrected chi connectivity index (χ4v) is 3.06. The first-order chi connectivity index (χ1) is 6.06. The molecule has 0 rings (SSSR count). The number of hydrogen-bond acceptors (Lipinski definition) is 4. The van der Waals surface area contributed by atoms with Gasteiger partial charge in [-0.1, -0.05) is 0 Å². The van der Waals surface area contributed by atoms with E-state index in [1.54, 1.807) is 0 Å². The zero-order valence-corrected chi connectivity index (χ0v) is 11.4. The molecule has 0 aliphatic rings. The monoisotopic (exact) mass is 419 g/mol. The van der Waals surface area contributed by atoms with Crippen LogP contribution in [0.15, 0.2) is 0 Å². The first-order valence-corrected chi connectivity index (χ1v) is 6.82. The van der Waals surface area contributed by atoms with Gasteiger partial charge in [0.1, 0.15) is 0 Å². The first-order valence-electron chi connectivity index (χ1n) is 3.60. The molecular weight excluding hydrogens is 394 g/mol. The van der Waals surface area contributed by atoms with Gasteiger partial charge in [0.2, 0.25) is 0 Å². The van der Waals surface area contributed by atoms with Crippen molar-refractivity contribution in [3.63, 3.8) is 0 Å². The van der Waals surface area contributed by atoms with Crippen molar-refractivity contribution in [3.05, 3.63) is 0 Å². The number of nitrogens with two attached hydrogens (primary N) is 1. The van der Waals surface area contributed by atoms with Crippen LogP contribution in [0.1, 0.15) is 12.8 Å². The Morgan fingerprint density at radius 1 is 0.810 bits per heavy atom. The Balaban J connectivity index is -0.0000000402. The van der Waals surface area contributed by atoms with Gasteiger partial charge in [-0.2, -0.15) is 0 Å². The SMILES string of the molecule is NCCCC(O)(P(=O)(O)O)P(=O)(O)O.O.O.O.O.O.[KH].[KH]. The summed E-state index contributed by atoms with van der Waals surface area (Å²) in [4.78, 5) is 34.5. The molecule has 0 fully saturated rings. The molecule has 0 radical (unpaired) electrons. The van der Waals surface area contributed by atoms with Gasteiger partial charge in [0, 0.05) is 6.42 Å². The van der Waals surface area contributed by atoms with Gasteiger partial charge in [0.15, 0.2) is 0 Å². The predicted molar refractivity (Wildman–Crippen MR) is 79.7 cm³/mol. The van der Waals surface area contributed by atoms with Crippen LogP contribution in [-0.2, 0) is 9.13 Å². The zero-order valence-electron chi connectivity index (χ0n) is 9.65. The summed E-state index contributed by atoms with van der Waals surface area (Å²) in [5, 5.41) is 5.91. The van der Waals surface area contributed by atoms with E-state index in [2.05, 4.69) is 0 Å². The molecule has 17 N–H and O–H groups in total. The van der Waals surface area contributed by atoms with E-state index in [0.717, 1.165) is 0 Å². The van der Waals surface area contributed by atoms with Crippen molar-refractivity contribution >= 4 is 118 Å². The molecule has 0 aliphatic heterocycles. The molecule has 17 heteroatoms. The maximum absolute atomic E-state index is 10.7. The summed E-state index contributed by atoms with van der Waals surface area (Å²) in [5.74, 6) is 0.